The highest BCUT2D eigenvalue weighted by Gasteiger charge is 2.32. The Hall–Kier alpha value is -3.51. The van der Waals surface area contributed by atoms with Crippen molar-refractivity contribution >= 4 is 23.1 Å². The van der Waals surface area contributed by atoms with E-state index in [0.717, 1.165) is 66.4 Å². The average Bonchev–Trinajstić information content (AvgIpc) is 3.63. The minimum absolute atomic E-state index is 0.0442. The number of nitrogens with one attached hydrogen (secondary N) is 1. The summed E-state index contributed by atoms with van der Waals surface area (Å²) in [7, 11) is 0. The van der Waals surface area contributed by atoms with Gasteiger partial charge in [0, 0.05) is 49.4 Å². The van der Waals surface area contributed by atoms with Gasteiger partial charge in [-0.1, -0.05) is 24.3 Å². The summed E-state index contributed by atoms with van der Waals surface area (Å²) < 4.78 is 0. The Morgan fingerprint density at radius 3 is 2.56 bits per heavy atom. The fraction of sp³-hybridized carbons (Fsp3) is 0.424. The number of allylic oxidation sites excluding steroid dienone is 4. The van der Waals surface area contributed by atoms with Crippen molar-refractivity contribution in [1.29, 1.82) is 0 Å². The van der Waals surface area contributed by atoms with Gasteiger partial charge < -0.3 is 15.1 Å². The molecule has 0 radical (unpaired) electrons. The summed E-state index contributed by atoms with van der Waals surface area (Å²) in [4.78, 5) is 35.8. The lowest BCUT2D eigenvalue weighted by molar-refractivity contribution is -0.114. The van der Waals surface area contributed by atoms with Crippen LogP contribution < -0.4 is 5.32 Å². The minimum atomic E-state index is 0.0442. The lowest BCUT2D eigenvalue weighted by Gasteiger charge is -2.20. The van der Waals surface area contributed by atoms with Gasteiger partial charge in [0.05, 0.1) is 17.3 Å². The van der Waals surface area contributed by atoms with Crippen molar-refractivity contribution in [3.05, 3.63) is 87.1 Å². The minimum Gasteiger partial charge on any atom is -0.358 e. The summed E-state index contributed by atoms with van der Waals surface area (Å²) in [6.07, 6.45) is 8.29. The van der Waals surface area contributed by atoms with E-state index in [1.54, 1.807) is 0 Å². The second-order valence-corrected chi connectivity index (χ2v) is 11.6. The standard InChI is InChI=1S/C33H38N4O2/c1-21-8-6-9-22(2)26(21)16-23(3)34-28-10-7-11-31(38)32(28)30-18-24-17-27-25(19-29(24)35-30)20-37(33(27)39)15-14-36-12-4-5-13-36/h6-10,17,19,23,35H,4-5,11-16,18,20H2,1-3H3/t23-/m0/s1. The van der Waals surface area contributed by atoms with Gasteiger partial charge in [0.25, 0.3) is 5.91 Å². The second-order valence-electron chi connectivity index (χ2n) is 11.6. The van der Waals surface area contributed by atoms with Crippen molar-refractivity contribution < 1.29 is 9.59 Å². The molecule has 1 aliphatic carbocycles. The Bertz CT molecular complexity index is 1410. The molecule has 202 valence electrons. The van der Waals surface area contributed by atoms with E-state index >= 15 is 0 Å². The number of likely N-dealkylation sites (tertiary alicyclic amines) is 1. The molecular weight excluding hydrogens is 484 g/mol. The number of hydrogen-bond acceptors (Lipinski definition) is 5. The largest absolute Gasteiger partial charge is 0.358 e. The van der Waals surface area contributed by atoms with Crippen molar-refractivity contribution in [3.63, 3.8) is 0 Å². The zero-order valence-corrected chi connectivity index (χ0v) is 23.3. The van der Waals surface area contributed by atoms with Crippen molar-refractivity contribution in [1.82, 2.24) is 9.80 Å². The number of benzene rings is 2. The van der Waals surface area contributed by atoms with Gasteiger partial charge in [-0.05, 0) is 99.1 Å². The quantitative estimate of drug-likeness (QED) is 0.531. The van der Waals surface area contributed by atoms with Gasteiger partial charge in [-0.2, -0.15) is 0 Å². The van der Waals surface area contributed by atoms with Crippen molar-refractivity contribution in [3.8, 4) is 0 Å². The lowest BCUT2D eigenvalue weighted by atomic mass is 9.93. The molecule has 0 bridgehead atoms. The lowest BCUT2D eigenvalue weighted by Crippen LogP contribution is -2.33. The Kier molecular flexibility index (Phi) is 6.98. The Balaban J connectivity index is 1.21. The first-order chi connectivity index (χ1) is 18.9. The first-order valence-electron chi connectivity index (χ1n) is 14.4. The second kappa shape index (κ2) is 10.6. The fourth-order valence-corrected chi connectivity index (χ4v) is 6.51. The number of anilines is 1. The number of amides is 1. The van der Waals surface area contributed by atoms with Crippen molar-refractivity contribution in [2.75, 3.05) is 31.5 Å². The van der Waals surface area contributed by atoms with Gasteiger partial charge in [0.15, 0.2) is 5.78 Å². The number of hydrogen-bond donors (Lipinski definition) is 1. The third-order valence-corrected chi connectivity index (χ3v) is 8.66. The molecule has 6 heteroatoms. The van der Waals surface area contributed by atoms with E-state index < -0.39 is 0 Å². The van der Waals surface area contributed by atoms with E-state index in [0.29, 0.717) is 25.0 Å². The third-order valence-electron chi connectivity index (χ3n) is 8.66. The van der Waals surface area contributed by atoms with Crippen molar-refractivity contribution in [2.24, 2.45) is 4.99 Å². The van der Waals surface area contributed by atoms with Crippen molar-refractivity contribution in [2.45, 2.75) is 65.5 Å². The molecule has 2 aromatic rings. The molecule has 6 rings (SSSR count). The molecule has 0 spiro atoms. The molecule has 1 N–H and O–H groups in total. The first kappa shape index (κ1) is 25.8. The van der Waals surface area contributed by atoms with Crippen LogP contribution in [0, 0.1) is 13.8 Å². The van der Waals surface area contributed by atoms with Gasteiger partial charge in [-0.25, -0.2) is 0 Å². The van der Waals surface area contributed by atoms with Crippen LogP contribution in [0.15, 0.2) is 58.7 Å². The number of nitrogens with zero attached hydrogens (tertiary/aromatic N) is 3. The highest BCUT2D eigenvalue weighted by Crippen LogP contribution is 2.36. The van der Waals surface area contributed by atoms with Crippen LogP contribution in [0.2, 0.25) is 0 Å². The van der Waals surface area contributed by atoms with E-state index in [4.69, 9.17) is 4.99 Å². The van der Waals surface area contributed by atoms with Crippen LogP contribution in [0.5, 0.6) is 0 Å². The molecule has 3 heterocycles. The maximum absolute atomic E-state index is 13.2. The van der Waals surface area contributed by atoms with E-state index in [1.165, 1.54) is 29.5 Å². The van der Waals surface area contributed by atoms with Crippen LogP contribution in [-0.4, -0.2) is 59.4 Å². The van der Waals surface area contributed by atoms with Crippen LogP contribution in [0.25, 0.3) is 0 Å². The normalized spacial score (nSPS) is 22.5. The smallest absolute Gasteiger partial charge is 0.254 e. The predicted molar refractivity (Wildman–Crippen MR) is 156 cm³/mol. The van der Waals surface area contributed by atoms with E-state index in [9.17, 15) is 9.59 Å². The third kappa shape index (κ3) is 5.10. The molecule has 0 aromatic heterocycles. The van der Waals surface area contributed by atoms with E-state index in [2.05, 4.69) is 55.3 Å². The zero-order valence-electron chi connectivity index (χ0n) is 23.3. The van der Waals surface area contributed by atoms with Crippen LogP contribution in [0.3, 0.4) is 0 Å². The van der Waals surface area contributed by atoms with Gasteiger partial charge in [-0.15, -0.1) is 0 Å². The topological polar surface area (TPSA) is 65.0 Å². The molecule has 39 heavy (non-hydrogen) atoms. The molecular formula is C33H38N4O2. The van der Waals surface area contributed by atoms with Gasteiger partial charge >= 0.3 is 0 Å². The van der Waals surface area contributed by atoms with Gasteiger partial charge in [0.2, 0.25) is 0 Å². The summed E-state index contributed by atoms with van der Waals surface area (Å²) in [6, 6.07) is 10.6. The molecule has 2 aromatic carbocycles. The molecule has 1 amide bonds. The molecule has 0 saturated carbocycles. The number of Topliss-reactive ketones (excluding diaryl/α,β-unsaturated/α-hetero) is 1. The van der Waals surface area contributed by atoms with Gasteiger partial charge in [-0.3, -0.25) is 14.6 Å². The number of aryl methyl sites for hydroxylation is 2. The molecule has 6 nitrogen and oxygen atoms in total. The highest BCUT2D eigenvalue weighted by molar-refractivity contribution is 6.29. The average molecular weight is 523 g/mol. The summed E-state index contributed by atoms with van der Waals surface area (Å²) >= 11 is 0. The van der Waals surface area contributed by atoms with Crippen LogP contribution in [0.1, 0.15) is 64.4 Å². The number of carbonyl (C=O) groups excluding carboxylic acids is 2. The SMILES string of the molecule is Cc1cccc(C)c1C[C@H](C)N=C1C=CCC(=O)C1=C1Cc2cc3c(cc2N1)CN(CCN1CCCC1)C3=O. The number of carbonyl (C=O) groups is 2. The van der Waals surface area contributed by atoms with Gasteiger partial charge in [0.1, 0.15) is 0 Å². The maximum atomic E-state index is 13.2. The zero-order chi connectivity index (χ0) is 27.1. The Labute approximate surface area is 231 Å². The van der Waals surface area contributed by atoms with E-state index in [-0.39, 0.29) is 17.7 Å². The van der Waals surface area contributed by atoms with Crippen LogP contribution in [-0.2, 0) is 24.2 Å². The molecule has 3 aliphatic heterocycles. The maximum Gasteiger partial charge on any atom is 0.254 e. The molecule has 1 saturated heterocycles. The first-order valence-corrected chi connectivity index (χ1v) is 14.4. The molecule has 4 aliphatic rings. The molecule has 1 atom stereocenters. The summed E-state index contributed by atoms with van der Waals surface area (Å²) in [5.74, 6) is 0.231. The number of fused-ring (bicyclic) bond motifs is 2. The van der Waals surface area contributed by atoms with Crippen LogP contribution in [0.4, 0.5) is 5.69 Å². The predicted octanol–water partition coefficient (Wildman–Crippen LogP) is 5.18. The molecule has 0 unspecified atom stereocenters. The molecule has 1 fully saturated rings. The number of rotatable bonds is 6. The number of ketones is 1. The van der Waals surface area contributed by atoms with E-state index in [1.807, 2.05) is 23.1 Å². The highest BCUT2D eigenvalue weighted by atomic mass is 16.2. The summed E-state index contributed by atoms with van der Waals surface area (Å²) in [5.41, 5.74) is 10.2. The Morgan fingerprint density at radius 2 is 1.79 bits per heavy atom. The van der Waals surface area contributed by atoms with Crippen LogP contribution >= 0.6 is 0 Å². The Morgan fingerprint density at radius 1 is 1.03 bits per heavy atom. The summed E-state index contributed by atoms with van der Waals surface area (Å²) in [6.45, 7) is 11.1. The number of aliphatic imine (C=N–C) groups is 1. The summed E-state index contributed by atoms with van der Waals surface area (Å²) in [5, 5.41) is 3.55. The fourth-order valence-electron chi connectivity index (χ4n) is 6.51. The monoisotopic (exact) mass is 522 g/mol.